The number of hydrogen-bond donors (Lipinski definition) is 0. The molecule has 0 bridgehead atoms. The highest BCUT2D eigenvalue weighted by atomic mass is 32.2. The molecule has 0 aliphatic heterocycles. The SMILES string of the molecule is C/C=C(\SCCN(SCC)c1ccc(OC(F)F)nc1)c1nnc(C(F)F)o1. The van der Waals surface area contributed by atoms with E-state index in [1.165, 1.54) is 36.0 Å². The van der Waals surface area contributed by atoms with Gasteiger partial charge in [-0.25, -0.2) is 4.98 Å². The van der Waals surface area contributed by atoms with Gasteiger partial charge in [0.15, 0.2) is 0 Å². The van der Waals surface area contributed by atoms with Crippen molar-refractivity contribution in [3.63, 3.8) is 0 Å². The van der Waals surface area contributed by atoms with Crippen LogP contribution in [0.1, 0.15) is 32.1 Å². The Kier molecular flexibility index (Phi) is 8.90. The number of halogens is 4. The molecule has 2 aromatic heterocycles. The van der Waals surface area contributed by atoms with Crippen molar-refractivity contribution < 1.29 is 26.7 Å². The molecule has 0 unspecified atom stereocenters. The summed E-state index contributed by atoms with van der Waals surface area (Å²) in [5.74, 6) is 0.562. The first-order valence-electron chi connectivity index (χ1n) is 8.17. The Hall–Kier alpha value is -1.95. The fraction of sp³-hybridized carbons (Fsp3) is 0.438. The summed E-state index contributed by atoms with van der Waals surface area (Å²) in [6.07, 6.45) is 0.349. The second-order valence-electron chi connectivity index (χ2n) is 5.00. The molecule has 0 fully saturated rings. The molecule has 0 aromatic carbocycles. The van der Waals surface area contributed by atoms with Crippen LogP contribution in [-0.4, -0.2) is 39.8 Å². The summed E-state index contributed by atoms with van der Waals surface area (Å²) in [7, 11) is 0. The monoisotopic (exact) mass is 438 g/mol. The Morgan fingerprint density at radius 2 is 2.07 bits per heavy atom. The van der Waals surface area contributed by atoms with E-state index in [0.29, 0.717) is 17.2 Å². The molecule has 154 valence electrons. The van der Waals surface area contributed by atoms with Gasteiger partial charge in [0.25, 0.3) is 11.8 Å². The highest BCUT2D eigenvalue weighted by Crippen LogP contribution is 2.30. The van der Waals surface area contributed by atoms with Gasteiger partial charge in [0.2, 0.25) is 5.88 Å². The van der Waals surface area contributed by atoms with Crippen molar-refractivity contribution in [2.75, 3.05) is 22.4 Å². The van der Waals surface area contributed by atoms with Gasteiger partial charge in [0.05, 0.1) is 16.8 Å². The van der Waals surface area contributed by atoms with Crippen LogP contribution < -0.4 is 9.04 Å². The van der Waals surface area contributed by atoms with Crippen LogP contribution in [-0.2, 0) is 0 Å². The van der Waals surface area contributed by atoms with E-state index in [4.69, 9.17) is 4.42 Å². The lowest BCUT2D eigenvalue weighted by Crippen LogP contribution is -2.18. The normalized spacial score (nSPS) is 12.1. The first-order chi connectivity index (χ1) is 13.4. The van der Waals surface area contributed by atoms with Crippen molar-refractivity contribution in [3.8, 4) is 5.88 Å². The Labute approximate surface area is 167 Å². The number of pyridine rings is 1. The molecule has 12 heteroatoms. The van der Waals surface area contributed by atoms with Crippen molar-refractivity contribution in [1.82, 2.24) is 15.2 Å². The molecule has 2 aromatic rings. The summed E-state index contributed by atoms with van der Waals surface area (Å²) in [6, 6.07) is 3.01. The summed E-state index contributed by atoms with van der Waals surface area (Å²) in [5, 5.41) is 6.97. The van der Waals surface area contributed by atoms with Gasteiger partial charge in [-0.05, 0) is 13.0 Å². The van der Waals surface area contributed by atoms with Gasteiger partial charge in [-0.2, -0.15) is 17.6 Å². The average Bonchev–Trinajstić information content (AvgIpc) is 3.15. The molecule has 2 heterocycles. The van der Waals surface area contributed by atoms with Crippen molar-refractivity contribution in [1.29, 1.82) is 0 Å². The zero-order valence-corrected chi connectivity index (χ0v) is 16.7. The molecule has 0 aliphatic carbocycles. The van der Waals surface area contributed by atoms with Crippen LogP contribution in [0.3, 0.4) is 0 Å². The molecule has 0 amide bonds. The molecule has 0 spiro atoms. The zero-order chi connectivity index (χ0) is 20.5. The maximum absolute atomic E-state index is 12.6. The Bertz CT molecular complexity index is 759. The van der Waals surface area contributed by atoms with Gasteiger partial charge in [-0.1, -0.05) is 24.9 Å². The van der Waals surface area contributed by atoms with E-state index in [9.17, 15) is 17.6 Å². The zero-order valence-electron chi connectivity index (χ0n) is 15.0. The van der Waals surface area contributed by atoms with Crippen molar-refractivity contribution in [3.05, 3.63) is 36.2 Å². The third-order valence-corrected chi connectivity index (χ3v) is 5.23. The van der Waals surface area contributed by atoms with Crippen LogP contribution in [0.25, 0.3) is 4.91 Å². The number of hydrogen-bond acceptors (Lipinski definition) is 8. The summed E-state index contributed by atoms with van der Waals surface area (Å²) >= 11 is 2.91. The van der Waals surface area contributed by atoms with Crippen molar-refractivity contribution in [2.24, 2.45) is 0 Å². The molecule has 0 saturated carbocycles. The van der Waals surface area contributed by atoms with Crippen LogP contribution in [0, 0.1) is 0 Å². The number of nitrogens with zero attached hydrogens (tertiary/aromatic N) is 4. The number of ether oxygens (including phenoxy) is 1. The largest absolute Gasteiger partial charge is 0.417 e. The molecule has 28 heavy (non-hydrogen) atoms. The summed E-state index contributed by atoms with van der Waals surface area (Å²) in [4.78, 5) is 4.47. The Balaban J connectivity index is 1.96. The highest BCUT2D eigenvalue weighted by molar-refractivity contribution is 8.08. The topological polar surface area (TPSA) is 64.3 Å². The minimum Gasteiger partial charge on any atom is -0.417 e. The smallest absolute Gasteiger partial charge is 0.388 e. The Morgan fingerprint density at radius 3 is 2.61 bits per heavy atom. The van der Waals surface area contributed by atoms with E-state index in [-0.39, 0.29) is 11.8 Å². The van der Waals surface area contributed by atoms with Gasteiger partial charge < -0.3 is 13.5 Å². The van der Waals surface area contributed by atoms with Crippen LogP contribution in [0.5, 0.6) is 5.88 Å². The molecular weight excluding hydrogens is 420 g/mol. The molecule has 0 saturated heterocycles. The number of alkyl halides is 4. The van der Waals surface area contributed by atoms with Gasteiger partial charge in [-0.3, -0.25) is 0 Å². The number of thioether (sulfide) groups is 1. The number of allylic oxidation sites excluding steroid dienone is 1. The first kappa shape index (κ1) is 22.3. The minimum atomic E-state index is -2.93. The number of aromatic nitrogens is 3. The first-order valence-corrected chi connectivity index (χ1v) is 10.1. The third kappa shape index (κ3) is 6.59. The van der Waals surface area contributed by atoms with E-state index in [1.807, 2.05) is 11.2 Å². The second-order valence-corrected chi connectivity index (χ2v) is 7.41. The highest BCUT2D eigenvalue weighted by Gasteiger charge is 2.18. The molecular formula is C16H18F4N4O2S2. The lowest BCUT2D eigenvalue weighted by atomic mass is 10.4. The van der Waals surface area contributed by atoms with E-state index >= 15 is 0 Å². The van der Waals surface area contributed by atoms with Crippen LogP contribution in [0.4, 0.5) is 23.2 Å². The number of rotatable bonds is 11. The fourth-order valence-corrected chi connectivity index (χ4v) is 3.81. The average molecular weight is 438 g/mol. The van der Waals surface area contributed by atoms with Gasteiger partial charge in [0.1, 0.15) is 0 Å². The maximum atomic E-state index is 12.6. The van der Waals surface area contributed by atoms with E-state index < -0.39 is 18.9 Å². The summed E-state index contributed by atoms with van der Waals surface area (Å²) in [6.45, 7) is 1.38. The molecule has 0 radical (unpaired) electrons. The van der Waals surface area contributed by atoms with Gasteiger partial charge in [0, 0.05) is 24.1 Å². The quantitative estimate of drug-likeness (QED) is 0.347. The van der Waals surface area contributed by atoms with E-state index in [2.05, 4.69) is 19.9 Å². The summed E-state index contributed by atoms with van der Waals surface area (Å²) in [5.41, 5.74) is 0.730. The van der Waals surface area contributed by atoms with Crippen LogP contribution in [0.2, 0.25) is 0 Å². The minimum absolute atomic E-state index is 0.0488. The van der Waals surface area contributed by atoms with Crippen molar-refractivity contribution in [2.45, 2.75) is 26.9 Å². The number of anilines is 1. The van der Waals surface area contributed by atoms with E-state index in [1.54, 1.807) is 19.1 Å². The van der Waals surface area contributed by atoms with Gasteiger partial charge in [-0.15, -0.1) is 22.0 Å². The van der Waals surface area contributed by atoms with E-state index in [0.717, 1.165) is 11.4 Å². The predicted octanol–water partition coefficient (Wildman–Crippen LogP) is 5.27. The summed E-state index contributed by atoms with van der Waals surface area (Å²) < 4.78 is 60.8. The molecule has 6 nitrogen and oxygen atoms in total. The third-order valence-electron chi connectivity index (χ3n) is 3.16. The molecule has 0 atom stereocenters. The standard InChI is InChI=1S/C16H18F4N4O2S2/c1-3-11(14-22-23-15(26-14)13(17)18)27-8-7-24(28-4-2)10-5-6-12(21-9-10)25-16(19)20/h3,5-6,9,13,16H,4,7-8H2,1-2H3/b11-3-. The maximum Gasteiger partial charge on any atom is 0.388 e. The fourth-order valence-electron chi connectivity index (χ4n) is 2.03. The molecule has 0 N–H and O–H groups in total. The molecule has 2 rings (SSSR count). The lowest BCUT2D eigenvalue weighted by Gasteiger charge is -2.22. The van der Waals surface area contributed by atoms with Crippen LogP contribution >= 0.6 is 23.7 Å². The Morgan fingerprint density at radius 1 is 1.29 bits per heavy atom. The van der Waals surface area contributed by atoms with Crippen molar-refractivity contribution >= 4 is 34.3 Å². The van der Waals surface area contributed by atoms with Crippen LogP contribution in [0.15, 0.2) is 28.8 Å². The molecule has 0 aliphatic rings. The lowest BCUT2D eigenvalue weighted by molar-refractivity contribution is -0.0528. The predicted molar refractivity (Wildman–Crippen MR) is 102 cm³/mol. The van der Waals surface area contributed by atoms with Gasteiger partial charge >= 0.3 is 13.0 Å². The second kappa shape index (κ2) is 11.1.